The lowest BCUT2D eigenvalue weighted by molar-refractivity contribution is 0.255. The highest BCUT2D eigenvalue weighted by molar-refractivity contribution is 5.40. The van der Waals surface area contributed by atoms with Crippen molar-refractivity contribution < 1.29 is 13.9 Å². The Morgan fingerprint density at radius 1 is 1.19 bits per heavy atom. The fourth-order valence-electron chi connectivity index (χ4n) is 1.83. The average Bonchev–Trinajstić information content (AvgIpc) is 2.99. The van der Waals surface area contributed by atoms with E-state index in [1.165, 1.54) is 0 Å². The Morgan fingerprint density at radius 3 is 2.67 bits per heavy atom. The fraction of sp³-hybridized carbons (Fsp3) is 0.467. The van der Waals surface area contributed by atoms with Gasteiger partial charge in [-0.1, -0.05) is 19.9 Å². The molecule has 0 unspecified atom stereocenters. The van der Waals surface area contributed by atoms with E-state index in [9.17, 15) is 0 Å². The molecule has 1 aromatic carbocycles. The maximum atomic E-state index is 5.80. The summed E-state index contributed by atoms with van der Waals surface area (Å²) in [7, 11) is 1.63. The predicted molar refractivity (Wildman–Crippen MR) is 78.4 cm³/mol. The van der Waals surface area contributed by atoms with Gasteiger partial charge < -0.3 is 19.2 Å². The first kappa shape index (κ1) is 15.3. The Hall–Kier alpha value is -2.08. The van der Waals surface area contributed by atoms with E-state index >= 15 is 0 Å². The molecule has 0 amide bonds. The Morgan fingerprint density at radius 2 is 2.00 bits per heavy atom. The van der Waals surface area contributed by atoms with E-state index in [0.29, 0.717) is 11.8 Å². The minimum absolute atomic E-state index is 0.249. The second-order valence-electron chi connectivity index (χ2n) is 4.49. The molecular weight excluding hydrogens is 270 g/mol. The molecule has 0 atom stereocenters. The molecule has 6 nitrogen and oxygen atoms in total. The molecule has 0 aliphatic carbocycles. The van der Waals surface area contributed by atoms with Crippen molar-refractivity contribution in [3.05, 3.63) is 35.5 Å². The molecule has 1 heterocycles. The molecule has 0 spiro atoms. The van der Waals surface area contributed by atoms with Crippen molar-refractivity contribution in [3.63, 3.8) is 0 Å². The molecule has 6 heteroatoms. The Kier molecular flexibility index (Phi) is 5.57. The zero-order valence-corrected chi connectivity index (χ0v) is 12.7. The molecule has 0 aliphatic rings. The standard InChI is InChI=1S/C15H21N3O3/c1-4-14-17-18-15(21-14)10-20-13-8-12(19-3)7-6-11(13)9-16-5-2/h6-8,16H,4-5,9-10H2,1-3H3. The van der Waals surface area contributed by atoms with Gasteiger partial charge in [0.1, 0.15) is 11.5 Å². The van der Waals surface area contributed by atoms with Crippen LogP contribution in [0.5, 0.6) is 11.5 Å². The summed E-state index contributed by atoms with van der Waals surface area (Å²) in [5.74, 6) is 2.60. The summed E-state index contributed by atoms with van der Waals surface area (Å²) in [4.78, 5) is 0. The number of methoxy groups -OCH3 is 1. The Bertz CT molecular complexity index is 569. The van der Waals surface area contributed by atoms with Crippen molar-refractivity contribution in [2.75, 3.05) is 13.7 Å². The van der Waals surface area contributed by atoms with Crippen LogP contribution >= 0.6 is 0 Å². The number of aromatic nitrogens is 2. The average molecular weight is 291 g/mol. The molecule has 0 saturated carbocycles. The topological polar surface area (TPSA) is 69.4 Å². The van der Waals surface area contributed by atoms with E-state index in [4.69, 9.17) is 13.9 Å². The smallest absolute Gasteiger partial charge is 0.253 e. The van der Waals surface area contributed by atoms with Crippen LogP contribution in [0.3, 0.4) is 0 Å². The van der Waals surface area contributed by atoms with Gasteiger partial charge in [-0.2, -0.15) is 0 Å². The number of nitrogens with one attached hydrogen (secondary N) is 1. The first-order valence-electron chi connectivity index (χ1n) is 7.08. The number of rotatable bonds is 8. The molecule has 0 bridgehead atoms. The van der Waals surface area contributed by atoms with Crippen LogP contribution in [0.15, 0.2) is 22.6 Å². The number of hydrogen-bond donors (Lipinski definition) is 1. The van der Waals surface area contributed by atoms with Gasteiger partial charge in [-0.3, -0.25) is 0 Å². The molecule has 0 saturated heterocycles. The van der Waals surface area contributed by atoms with Gasteiger partial charge in [0.25, 0.3) is 5.89 Å². The molecule has 1 N–H and O–H groups in total. The molecule has 0 aliphatic heterocycles. The molecular formula is C15H21N3O3. The number of nitrogens with zero attached hydrogens (tertiary/aromatic N) is 2. The van der Waals surface area contributed by atoms with Crippen molar-refractivity contribution in [2.45, 2.75) is 33.4 Å². The molecule has 0 radical (unpaired) electrons. The van der Waals surface area contributed by atoms with Crippen LogP contribution in [0.1, 0.15) is 31.2 Å². The summed E-state index contributed by atoms with van der Waals surface area (Å²) in [6.45, 7) is 5.91. The summed E-state index contributed by atoms with van der Waals surface area (Å²) >= 11 is 0. The van der Waals surface area contributed by atoms with Crippen molar-refractivity contribution >= 4 is 0 Å². The monoisotopic (exact) mass is 291 g/mol. The van der Waals surface area contributed by atoms with Gasteiger partial charge in [0.05, 0.1) is 7.11 Å². The van der Waals surface area contributed by atoms with Gasteiger partial charge >= 0.3 is 0 Å². The minimum atomic E-state index is 0.249. The predicted octanol–water partition coefficient (Wildman–Crippen LogP) is 2.33. The largest absolute Gasteiger partial charge is 0.497 e. The number of hydrogen-bond acceptors (Lipinski definition) is 6. The highest BCUT2D eigenvalue weighted by Gasteiger charge is 2.09. The van der Waals surface area contributed by atoms with Gasteiger partial charge in [-0.25, -0.2) is 0 Å². The summed E-state index contributed by atoms with van der Waals surface area (Å²) in [6, 6.07) is 5.77. The third-order valence-corrected chi connectivity index (χ3v) is 3.00. The van der Waals surface area contributed by atoms with Crippen LogP contribution in [0.4, 0.5) is 0 Å². The Balaban J connectivity index is 2.08. The molecule has 1 aromatic heterocycles. The van der Waals surface area contributed by atoms with Crippen LogP contribution in [-0.2, 0) is 19.6 Å². The Labute approximate surface area is 124 Å². The van der Waals surface area contributed by atoms with Gasteiger partial charge in [-0.05, 0) is 12.6 Å². The first-order valence-corrected chi connectivity index (χ1v) is 7.08. The normalized spacial score (nSPS) is 10.6. The minimum Gasteiger partial charge on any atom is -0.497 e. The summed E-state index contributed by atoms with van der Waals surface area (Å²) in [6.07, 6.45) is 0.720. The lowest BCUT2D eigenvalue weighted by Crippen LogP contribution is -2.13. The number of ether oxygens (including phenoxy) is 2. The molecule has 114 valence electrons. The second-order valence-corrected chi connectivity index (χ2v) is 4.49. The first-order chi connectivity index (χ1) is 10.3. The summed E-state index contributed by atoms with van der Waals surface area (Å²) in [5.41, 5.74) is 1.06. The van der Waals surface area contributed by atoms with Crippen LogP contribution < -0.4 is 14.8 Å². The van der Waals surface area contributed by atoms with Crippen molar-refractivity contribution in [2.24, 2.45) is 0 Å². The summed E-state index contributed by atoms with van der Waals surface area (Å²) < 4.78 is 16.5. The SMILES string of the molecule is CCNCc1ccc(OC)cc1OCc1nnc(CC)o1. The van der Waals surface area contributed by atoms with E-state index < -0.39 is 0 Å². The number of aryl methyl sites for hydroxylation is 1. The maximum Gasteiger partial charge on any atom is 0.253 e. The van der Waals surface area contributed by atoms with Crippen LogP contribution in [0.25, 0.3) is 0 Å². The van der Waals surface area contributed by atoms with E-state index in [1.807, 2.05) is 25.1 Å². The van der Waals surface area contributed by atoms with Gasteiger partial charge in [0.15, 0.2) is 6.61 Å². The zero-order valence-electron chi connectivity index (χ0n) is 12.7. The third-order valence-electron chi connectivity index (χ3n) is 3.00. The fourth-order valence-corrected chi connectivity index (χ4v) is 1.83. The van der Waals surface area contributed by atoms with E-state index in [0.717, 1.165) is 36.6 Å². The maximum absolute atomic E-state index is 5.80. The van der Waals surface area contributed by atoms with Gasteiger partial charge in [0, 0.05) is 24.6 Å². The van der Waals surface area contributed by atoms with Crippen molar-refractivity contribution in [1.29, 1.82) is 0 Å². The molecule has 2 rings (SSSR count). The zero-order chi connectivity index (χ0) is 15.1. The van der Waals surface area contributed by atoms with E-state index in [1.54, 1.807) is 7.11 Å². The van der Waals surface area contributed by atoms with Crippen molar-refractivity contribution in [1.82, 2.24) is 15.5 Å². The molecule has 0 fully saturated rings. The van der Waals surface area contributed by atoms with E-state index in [2.05, 4.69) is 22.4 Å². The van der Waals surface area contributed by atoms with Crippen LogP contribution in [0, 0.1) is 0 Å². The lowest BCUT2D eigenvalue weighted by atomic mass is 10.2. The number of benzene rings is 1. The highest BCUT2D eigenvalue weighted by Crippen LogP contribution is 2.25. The lowest BCUT2D eigenvalue weighted by Gasteiger charge is -2.12. The highest BCUT2D eigenvalue weighted by atomic mass is 16.5. The summed E-state index contributed by atoms with van der Waals surface area (Å²) in [5, 5.41) is 11.1. The third kappa shape index (κ3) is 4.19. The second kappa shape index (κ2) is 7.64. The van der Waals surface area contributed by atoms with E-state index in [-0.39, 0.29) is 6.61 Å². The van der Waals surface area contributed by atoms with Gasteiger partial charge in [-0.15, -0.1) is 10.2 Å². The van der Waals surface area contributed by atoms with Gasteiger partial charge in [0.2, 0.25) is 5.89 Å². The quantitative estimate of drug-likeness (QED) is 0.805. The molecule has 21 heavy (non-hydrogen) atoms. The van der Waals surface area contributed by atoms with Crippen LogP contribution in [-0.4, -0.2) is 23.9 Å². The van der Waals surface area contributed by atoms with Crippen LogP contribution in [0.2, 0.25) is 0 Å². The molecule has 2 aromatic rings. The van der Waals surface area contributed by atoms with Crippen molar-refractivity contribution in [3.8, 4) is 11.5 Å².